The van der Waals surface area contributed by atoms with Crippen molar-refractivity contribution in [2.45, 2.75) is 46.6 Å². The molecule has 0 aliphatic carbocycles. The number of benzene rings is 2. The van der Waals surface area contributed by atoms with Crippen molar-refractivity contribution < 1.29 is 9.59 Å². The molecule has 4 rings (SSSR count). The van der Waals surface area contributed by atoms with Crippen LogP contribution in [0.2, 0.25) is 0 Å². The molecular weight excluding hydrogens is 434 g/mol. The van der Waals surface area contributed by atoms with Crippen molar-refractivity contribution in [2.75, 3.05) is 16.9 Å². The number of hydrogen-bond donors (Lipinski definition) is 1. The number of anilines is 1. The van der Waals surface area contributed by atoms with Gasteiger partial charge in [-0.1, -0.05) is 44.2 Å². The van der Waals surface area contributed by atoms with Crippen molar-refractivity contribution in [1.82, 2.24) is 19.7 Å². The molecule has 1 aliphatic rings. The molecule has 0 saturated carbocycles. The van der Waals surface area contributed by atoms with Gasteiger partial charge in [0.15, 0.2) is 0 Å². The molecule has 1 atom stereocenters. The van der Waals surface area contributed by atoms with Gasteiger partial charge >= 0.3 is 0 Å². The minimum atomic E-state index is -0.572. The molecule has 1 aliphatic heterocycles. The fourth-order valence-corrected chi connectivity index (χ4v) is 5.12. The Morgan fingerprint density at radius 1 is 1.09 bits per heavy atom. The third-order valence-corrected chi connectivity index (χ3v) is 7.07. The molecule has 2 amide bonds. The van der Waals surface area contributed by atoms with Gasteiger partial charge in [-0.2, -0.15) is 0 Å². The van der Waals surface area contributed by atoms with Crippen LogP contribution in [0.4, 0.5) is 5.69 Å². The maximum absolute atomic E-state index is 13.3. The number of rotatable bonds is 5. The zero-order chi connectivity index (χ0) is 23.7. The van der Waals surface area contributed by atoms with Crippen LogP contribution in [-0.2, 0) is 4.79 Å². The summed E-state index contributed by atoms with van der Waals surface area (Å²) in [5.41, 5.74) is 4.94. The van der Waals surface area contributed by atoms with E-state index in [0.29, 0.717) is 23.4 Å². The first-order chi connectivity index (χ1) is 15.8. The summed E-state index contributed by atoms with van der Waals surface area (Å²) in [5, 5.41) is 7.54. The van der Waals surface area contributed by atoms with Crippen LogP contribution in [0.3, 0.4) is 0 Å². The molecule has 1 saturated heterocycles. The predicted octanol–water partition coefficient (Wildman–Crippen LogP) is 4.47. The van der Waals surface area contributed by atoms with Gasteiger partial charge in [0.25, 0.3) is 5.91 Å². The number of carbonyl (C=O) groups excluding carboxylic acids is 2. The van der Waals surface area contributed by atoms with Crippen LogP contribution in [0.25, 0.3) is 5.69 Å². The second kappa shape index (κ2) is 9.39. The van der Waals surface area contributed by atoms with Gasteiger partial charge in [0, 0.05) is 11.4 Å². The van der Waals surface area contributed by atoms with E-state index < -0.39 is 6.04 Å². The number of nitrogens with one attached hydrogen (secondary N) is 1. The smallest absolute Gasteiger partial charge is 0.294 e. The zero-order valence-corrected chi connectivity index (χ0v) is 20.4. The third kappa shape index (κ3) is 4.53. The van der Waals surface area contributed by atoms with E-state index in [-0.39, 0.29) is 17.6 Å². The van der Waals surface area contributed by atoms with Crippen molar-refractivity contribution in [2.24, 2.45) is 0 Å². The minimum Gasteiger partial charge on any atom is -0.324 e. The zero-order valence-electron chi connectivity index (χ0n) is 19.6. The van der Waals surface area contributed by atoms with Crippen LogP contribution < -0.4 is 5.32 Å². The van der Waals surface area contributed by atoms with Crippen LogP contribution in [-0.4, -0.2) is 49.2 Å². The first-order valence-electron chi connectivity index (χ1n) is 11.1. The number of hydrogen-bond acceptors (Lipinski definition) is 5. The molecule has 1 unspecified atom stereocenters. The van der Waals surface area contributed by atoms with Gasteiger partial charge in [0.05, 0.1) is 11.6 Å². The Kier molecular flexibility index (Phi) is 6.56. The molecule has 8 heteroatoms. The first-order valence-corrected chi connectivity index (χ1v) is 12.2. The minimum absolute atomic E-state index is 0.109. The summed E-state index contributed by atoms with van der Waals surface area (Å²) in [6.45, 7) is 10.1. The highest BCUT2D eigenvalue weighted by Crippen LogP contribution is 2.27. The standard InChI is InChI=1S/C25H29N5O2S/c1-15(2)19-10-6-7-12-21(19)30-18(5)26-23(28-30)25(32)29-14-33-13-22(29)24(31)27-20-11-8-9-16(3)17(20)4/h6-12,15,22H,13-14H2,1-5H3,(H,27,31). The maximum Gasteiger partial charge on any atom is 0.294 e. The number of aryl methyl sites for hydroxylation is 2. The van der Waals surface area contributed by atoms with E-state index in [4.69, 9.17) is 0 Å². The van der Waals surface area contributed by atoms with E-state index in [2.05, 4.69) is 35.3 Å². The quantitative estimate of drug-likeness (QED) is 0.604. The third-order valence-electron chi connectivity index (χ3n) is 6.06. The normalized spacial score (nSPS) is 15.8. The molecular formula is C25H29N5O2S. The lowest BCUT2D eigenvalue weighted by molar-refractivity contribution is -0.119. The Morgan fingerprint density at radius 3 is 2.61 bits per heavy atom. The molecule has 0 spiro atoms. The molecule has 1 aromatic heterocycles. The summed E-state index contributed by atoms with van der Waals surface area (Å²) in [6.07, 6.45) is 0. The van der Waals surface area contributed by atoms with E-state index in [1.807, 2.05) is 57.2 Å². The predicted molar refractivity (Wildman–Crippen MR) is 132 cm³/mol. The molecule has 1 N–H and O–H groups in total. The molecule has 7 nitrogen and oxygen atoms in total. The van der Waals surface area contributed by atoms with Gasteiger partial charge in [0.1, 0.15) is 11.9 Å². The van der Waals surface area contributed by atoms with Crippen LogP contribution in [0, 0.1) is 20.8 Å². The number of aromatic nitrogens is 3. The van der Waals surface area contributed by atoms with E-state index >= 15 is 0 Å². The number of carbonyl (C=O) groups is 2. The topological polar surface area (TPSA) is 80.1 Å². The number of thioether (sulfide) groups is 1. The highest BCUT2D eigenvalue weighted by Gasteiger charge is 2.37. The van der Waals surface area contributed by atoms with Crippen molar-refractivity contribution in [1.29, 1.82) is 0 Å². The second-order valence-electron chi connectivity index (χ2n) is 8.64. The first kappa shape index (κ1) is 23.0. The molecule has 1 fully saturated rings. The molecule has 0 radical (unpaired) electrons. The molecule has 2 aromatic carbocycles. The van der Waals surface area contributed by atoms with Crippen LogP contribution in [0.15, 0.2) is 42.5 Å². The van der Waals surface area contributed by atoms with Crippen molar-refractivity contribution in [3.63, 3.8) is 0 Å². The van der Waals surface area contributed by atoms with E-state index in [0.717, 1.165) is 28.1 Å². The Balaban J connectivity index is 1.57. The maximum atomic E-state index is 13.3. The average Bonchev–Trinajstić information content (AvgIpc) is 3.43. The molecule has 172 valence electrons. The average molecular weight is 464 g/mol. The van der Waals surface area contributed by atoms with E-state index in [1.165, 1.54) is 0 Å². The highest BCUT2D eigenvalue weighted by atomic mass is 32.2. The highest BCUT2D eigenvalue weighted by molar-refractivity contribution is 7.99. The van der Waals surface area contributed by atoms with E-state index in [9.17, 15) is 9.59 Å². The summed E-state index contributed by atoms with van der Waals surface area (Å²) in [5.74, 6) is 1.50. The van der Waals surface area contributed by atoms with Crippen molar-refractivity contribution in [3.05, 3.63) is 70.8 Å². The summed E-state index contributed by atoms with van der Waals surface area (Å²) < 4.78 is 1.72. The number of para-hydroxylation sites is 1. The molecule has 33 heavy (non-hydrogen) atoms. The lowest BCUT2D eigenvalue weighted by Crippen LogP contribution is -2.45. The fourth-order valence-electron chi connectivity index (χ4n) is 3.97. The Bertz CT molecular complexity index is 1200. The number of nitrogens with zero attached hydrogens (tertiary/aromatic N) is 4. The van der Waals surface area contributed by atoms with Gasteiger partial charge in [-0.3, -0.25) is 9.59 Å². The lowest BCUT2D eigenvalue weighted by atomic mass is 10.0. The van der Waals surface area contributed by atoms with Crippen LogP contribution >= 0.6 is 11.8 Å². The number of amides is 2. The SMILES string of the molecule is Cc1cccc(NC(=O)C2CSCN2C(=O)c2nc(C)n(-c3ccccc3C(C)C)n2)c1C. The summed E-state index contributed by atoms with van der Waals surface area (Å²) in [6, 6.07) is 13.2. The molecule has 3 aromatic rings. The van der Waals surface area contributed by atoms with Gasteiger partial charge in [-0.05, 0) is 55.5 Å². The molecule has 0 bridgehead atoms. The largest absolute Gasteiger partial charge is 0.324 e. The monoisotopic (exact) mass is 463 g/mol. The van der Waals surface area contributed by atoms with Gasteiger partial charge in [0.2, 0.25) is 11.7 Å². The fraction of sp³-hybridized carbons (Fsp3) is 0.360. The summed E-state index contributed by atoms with van der Waals surface area (Å²) in [4.78, 5) is 32.4. The second-order valence-corrected chi connectivity index (χ2v) is 9.64. The Hall–Kier alpha value is -3.13. The van der Waals surface area contributed by atoms with Gasteiger partial charge in [-0.15, -0.1) is 16.9 Å². The van der Waals surface area contributed by atoms with Crippen LogP contribution in [0.5, 0.6) is 0 Å². The van der Waals surface area contributed by atoms with Gasteiger partial charge in [-0.25, -0.2) is 9.67 Å². The van der Waals surface area contributed by atoms with Crippen molar-refractivity contribution in [3.8, 4) is 5.69 Å². The summed E-state index contributed by atoms with van der Waals surface area (Å²) >= 11 is 1.56. The van der Waals surface area contributed by atoms with E-state index in [1.54, 1.807) is 21.3 Å². The lowest BCUT2D eigenvalue weighted by Gasteiger charge is -2.22. The van der Waals surface area contributed by atoms with Gasteiger partial charge < -0.3 is 10.2 Å². The molecule has 2 heterocycles. The van der Waals surface area contributed by atoms with Crippen LogP contribution in [0.1, 0.15) is 52.9 Å². The Morgan fingerprint density at radius 2 is 1.85 bits per heavy atom. The Labute approximate surface area is 198 Å². The summed E-state index contributed by atoms with van der Waals surface area (Å²) in [7, 11) is 0. The van der Waals surface area contributed by atoms with Crippen molar-refractivity contribution >= 4 is 29.3 Å².